The van der Waals surface area contributed by atoms with Gasteiger partial charge in [-0.3, -0.25) is 0 Å². The molecule has 0 spiro atoms. The third-order valence-corrected chi connectivity index (χ3v) is 13.5. The topological polar surface area (TPSA) is 21.1 Å². The minimum absolute atomic E-state index is 0.165. The summed E-state index contributed by atoms with van der Waals surface area (Å²) in [5.74, 6) is 0. The Morgan fingerprint density at radius 2 is 1.19 bits per heavy atom. The summed E-state index contributed by atoms with van der Waals surface area (Å²) < 4.78 is 3.63. The second kappa shape index (κ2) is 12.5. The van der Waals surface area contributed by atoms with Crippen LogP contribution < -0.4 is 4.90 Å². The van der Waals surface area contributed by atoms with Crippen LogP contribution in [0.15, 0.2) is 188 Å². The van der Waals surface area contributed by atoms with E-state index in [-0.39, 0.29) is 5.41 Å². The molecule has 0 saturated carbocycles. The molecule has 0 fully saturated rings. The molecule has 0 unspecified atom stereocenters. The standard InChI is InChI=1S/C54H37N3S/c1-54(2)47-32-35-22-23-39(30-36(35)31-45(47)43-25-26-44-42(51(43)54)27-28-48-52(44)58-53(55-48)34-14-6-3-7-15-34)56(37-16-8-4-9-17-37)40-24-29-50-46(33-40)41-20-12-13-21-49(41)57(50)38-18-10-5-11-19-38/h3-33H,1-2H3. The Bertz CT molecular complexity index is 3420. The molecule has 0 aliphatic heterocycles. The van der Waals surface area contributed by atoms with Crippen LogP contribution >= 0.6 is 11.3 Å². The van der Waals surface area contributed by atoms with Gasteiger partial charge in [0, 0.05) is 49.9 Å². The zero-order valence-corrected chi connectivity index (χ0v) is 33.0. The van der Waals surface area contributed by atoms with E-state index in [1.807, 2.05) is 0 Å². The van der Waals surface area contributed by atoms with Gasteiger partial charge in [-0.2, -0.15) is 0 Å². The largest absolute Gasteiger partial charge is 0.310 e. The Kier molecular flexibility index (Phi) is 7.14. The molecule has 0 atom stereocenters. The van der Waals surface area contributed by atoms with E-state index < -0.39 is 0 Å². The molecule has 0 amide bonds. The summed E-state index contributed by atoms with van der Waals surface area (Å²) >= 11 is 1.80. The Morgan fingerprint density at radius 1 is 0.500 bits per heavy atom. The maximum atomic E-state index is 5.06. The molecule has 0 N–H and O–H groups in total. The number of benzene rings is 9. The lowest BCUT2D eigenvalue weighted by atomic mass is 9.80. The molecule has 1 aliphatic rings. The van der Waals surface area contributed by atoms with Gasteiger partial charge < -0.3 is 9.47 Å². The number of rotatable bonds is 5. The van der Waals surface area contributed by atoms with Crippen molar-refractivity contribution in [3.8, 4) is 27.4 Å². The fourth-order valence-corrected chi connectivity index (χ4v) is 10.8. The lowest BCUT2D eigenvalue weighted by Gasteiger charge is -2.26. The quantitative estimate of drug-likeness (QED) is 0.174. The summed E-state index contributed by atoms with van der Waals surface area (Å²) in [6.45, 7) is 4.79. The first-order chi connectivity index (χ1) is 28.5. The molecule has 1 aliphatic carbocycles. The maximum Gasteiger partial charge on any atom is 0.124 e. The maximum absolute atomic E-state index is 5.06. The summed E-state index contributed by atoms with van der Waals surface area (Å²) in [4.78, 5) is 7.46. The van der Waals surface area contributed by atoms with Crippen LogP contribution in [-0.2, 0) is 5.41 Å². The van der Waals surface area contributed by atoms with Crippen LogP contribution in [-0.4, -0.2) is 9.55 Å². The number of aromatic nitrogens is 2. The Morgan fingerprint density at radius 3 is 2.02 bits per heavy atom. The zero-order valence-electron chi connectivity index (χ0n) is 32.1. The number of thiazole rings is 1. The van der Waals surface area contributed by atoms with Gasteiger partial charge in [0.1, 0.15) is 5.01 Å². The Labute approximate surface area is 340 Å². The average molecular weight is 760 g/mol. The molecule has 3 nitrogen and oxygen atoms in total. The average Bonchev–Trinajstić information content (AvgIpc) is 3.92. The minimum Gasteiger partial charge on any atom is -0.310 e. The van der Waals surface area contributed by atoms with Gasteiger partial charge in [-0.1, -0.05) is 123 Å². The van der Waals surface area contributed by atoms with Crippen molar-refractivity contribution in [3.63, 3.8) is 0 Å². The number of hydrogen-bond donors (Lipinski definition) is 0. The van der Waals surface area contributed by atoms with Crippen molar-refractivity contribution in [2.45, 2.75) is 19.3 Å². The van der Waals surface area contributed by atoms with Crippen molar-refractivity contribution in [2.24, 2.45) is 0 Å². The van der Waals surface area contributed by atoms with Crippen LogP contribution in [0.4, 0.5) is 17.1 Å². The van der Waals surface area contributed by atoms with Gasteiger partial charge in [0.05, 0.1) is 21.3 Å². The molecule has 11 aromatic rings. The summed E-state index contributed by atoms with van der Waals surface area (Å²) in [7, 11) is 0. The predicted molar refractivity (Wildman–Crippen MR) is 247 cm³/mol. The van der Waals surface area contributed by atoms with Gasteiger partial charge in [0.25, 0.3) is 0 Å². The van der Waals surface area contributed by atoms with Gasteiger partial charge in [-0.05, 0) is 117 Å². The molecule has 0 radical (unpaired) electrons. The summed E-state index contributed by atoms with van der Waals surface area (Å²) in [5.41, 5.74) is 14.4. The number of para-hydroxylation sites is 3. The fraction of sp³-hybridized carbons (Fsp3) is 0.0556. The summed E-state index contributed by atoms with van der Waals surface area (Å²) in [5, 5.41) is 8.62. The fourth-order valence-electron chi connectivity index (χ4n) is 9.67. The van der Waals surface area contributed by atoms with Crippen molar-refractivity contribution < 1.29 is 0 Å². The van der Waals surface area contributed by atoms with E-state index in [0.29, 0.717) is 0 Å². The summed E-state index contributed by atoms with van der Waals surface area (Å²) in [6, 6.07) is 68.7. The van der Waals surface area contributed by atoms with Gasteiger partial charge in [0.2, 0.25) is 0 Å². The predicted octanol–water partition coefficient (Wildman–Crippen LogP) is 15.1. The van der Waals surface area contributed by atoms with Gasteiger partial charge in [0.15, 0.2) is 0 Å². The molecule has 58 heavy (non-hydrogen) atoms. The van der Waals surface area contributed by atoms with Crippen LogP contribution in [0, 0.1) is 0 Å². The lowest BCUT2D eigenvalue weighted by molar-refractivity contribution is 0.667. The highest BCUT2D eigenvalue weighted by Crippen LogP contribution is 2.54. The molecular formula is C54H37N3S. The van der Waals surface area contributed by atoms with E-state index >= 15 is 0 Å². The Balaban J connectivity index is 1.01. The second-order valence-corrected chi connectivity index (χ2v) is 17.0. The molecule has 9 aromatic carbocycles. The Hall–Kier alpha value is -7.01. The van der Waals surface area contributed by atoms with Crippen LogP contribution in [0.5, 0.6) is 0 Å². The SMILES string of the molecule is CC1(C)c2cc3ccc(N(c4ccccc4)c4ccc5c(c4)c4ccccc4n5-c4ccccc4)cc3cc2-c2ccc3c(ccc4nc(-c5ccccc5)sc43)c21. The molecule has 0 saturated heterocycles. The van der Waals surface area contributed by atoms with Crippen molar-refractivity contribution in [2.75, 3.05) is 4.90 Å². The molecule has 2 aromatic heterocycles. The van der Waals surface area contributed by atoms with Crippen LogP contribution in [0.1, 0.15) is 25.0 Å². The highest BCUT2D eigenvalue weighted by molar-refractivity contribution is 7.22. The molecular weight excluding hydrogens is 723 g/mol. The monoisotopic (exact) mass is 759 g/mol. The van der Waals surface area contributed by atoms with E-state index in [1.54, 1.807) is 11.3 Å². The molecule has 0 bridgehead atoms. The number of hydrogen-bond acceptors (Lipinski definition) is 3. The van der Waals surface area contributed by atoms with Crippen LogP contribution in [0.3, 0.4) is 0 Å². The lowest BCUT2D eigenvalue weighted by Crippen LogP contribution is -2.15. The number of anilines is 3. The molecule has 4 heteroatoms. The molecule has 2 heterocycles. The third kappa shape index (κ3) is 4.88. The van der Waals surface area contributed by atoms with Gasteiger partial charge in [-0.25, -0.2) is 4.98 Å². The third-order valence-electron chi connectivity index (χ3n) is 12.3. The van der Waals surface area contributed by atoms with Crippen LogP contribution in [0.25, 0.3) is 81.0 Å². The normalized spacial score (nSPS) is 13.1. The van der Waals surface area contributed by atoms with E-state index in [1.165, 1.54) is 75.9 Å². The van der Waals surface area contributed by atoms with E-state index in [9.17, 15) is 0 Å². The first-order valence-corrected chi connectivity index (χ1v) is 20.8. The first kappa shape index (κ1) is 33.2. The highest BCUT2D eigenvalue weighted by atomic mass is 32.1. The second-order valence-electron chi connectivity index (χ2n) is 16.0. The minimum atomic E-state index is -0.165. The van der Waals surface area contributed by atoms with Gasteiger partial charge in [-0.15, -0.1) is 11.3 Å². The van der Waals surface area contributed by atoms with E-state index in [4.69, 9.17) is 4.98 Å². The molecule has 12 rings (SSSR count). The van der Waals surface area contributed by atoms with Crippen LogP contribution in [0.2, 0.25) is 0 Å². The number of fused-ring (bicyclic) bond motifs is 11. The molecule has 274 valence electrons. The smallest absolute Gasteiger partial charge is 0.124 e. The van der Waals surface area contributed by atoms with Crippen molar-refractivity contribution in [1.29, 1.82) is 0 Å². The van der Waals surface area contributed by atoms with Crippen molar-refractivity contribution in [3.05, 3.63) is 199 Å². The zero-order chi connectivity index (χ0) is 38.5. The van der Waals surface area contributed by atoms with Crippen molar-refractivity contribution in [1.82, 2.24) is 9.55 Å². The first-order valence-electron chi connectivity index (χ1n) is 20.0. The number of nitrogens with zero attached hydrogens (tertiary/aromatic N) is 3. The van der Waals surface area contributed by atoms with E-state index in [0.717, 1.165) is 33.3 Å². The van der Waals surface area contributed by atoms with E-state index in [2.05, 4.69) is 211 Å². The van der Waals surface area contributed by atoms with Gasteiger partial charge >= 0.3 is 0 Å². The highest BCUT2D eigenvalue weighted by Gasteiger charge is 2.37. The van der Waals surface area contributed by atoms with Crippen molar-refractivity contribution >= 4 is 82.0 Å². The summed E-state index contributed by atoms with van der Waals surface area (Å²) in [6.07, 6.45) is 0.